The van der Waals surface area contributed by atoms with Crippen molar-refractivity contribution in [3.8, 4) is 17.3 Å². The van der Waals surface area contributed by atoms with E-state index in [0.717, 1.165) is 0 Å². The summed E-state index contributed by atoms with van der Waals surface area (Å²) in [7, 11) is 0. The van der Waals surface area contributed by atoms with Crippen LogP contribution in [0.1, 0.15) is 39.3 Å². The van der Waals surface area contributed by atoms with Gasteiger partial charge in [-0.2, -0.15) is 5.26 Å². The summed E-state index contributed by atoms with van der Waals surface area (Å²) in [6.07, 6.45) is 4.74. The first-order valence-corrected chi connectivity index (χ1v) is 15.6. The van der Waals surface area contributed by atoms with Crippen LogP contribution in [0.4, 0.5) is 20.2 Å². The average Bonchev–Trinajstić information content (AvgIpc) is 3.02. The maximum atomic E-state index is 15.6. The zero-order valence-electron chi connectivity index (χ0n) is 25.4. The van der Waals surface area contributed by atoms with Crippen molar-refractivity contribution in [1.82, 2.24) is 14.5 Å². The Kier molecular flexibility index (Phi) is 9.19. The molecular formula is C32H30Cl3F2N7O2. The molecule has 0 bridgehead atoms. The molecule has 1 saturated heterocycles. The van der Waals surface area contributed by atoms with Gasteiger partial charge in [-0.05, 0) is 25.0 Å². The van der Waals surface area contributed by atoms with E-state index in [0.29, 0.717) is 17.6 Å². The number of nitrogen functional groups attached to an aromatic ring is 1. The first-order valence-electron chi connectivity index (χ1n) is 14.5. The summed E-state index contributed by atoms with van der Waals surface area (Å²) in [5.74, 6) is -3.07. The van der Waals surface area contributed by atoms with Crippen molar-refractivity contribution in [3.63, 3.8) is 0 Å². The lowest BCUT2D eigenvalue weighted by atomic mass is 9.88. The van der Waals surface area contributed by atoms with Gasteiger partial charge < -0.3 is 15.5 Å². The van der Waals surface area contributed by atoms with Gasteiger partial charge in [-0.25, -0.2) is 13.8 Å². The Bertz CT molecular complexity index is 1940. The van der Waals surface area contributed by atoms with Crippen LogP contribution in [0.15, 0.2) is 40.8 Å². The van der Waals surface area contributed by atoms with Crippen molar-refractivity contribution in [2.45, 2.75) is 39.8 Å². The van der Waals surface area contributed by atoms with Gasteiger partial charge in [0.05, 0.1) is 33.7 Å². The fourth-order valence-corrected chi connectivity index (χ4v) is 6.88. The molecule has 14 heteroatoms. The van der Waals surface area contributed by atoms with E-state index in [1.807, 2.05) is 38.7 Å². The second kappa shape index (κ2) is 12.7. The van der Waals surface area contributed by atoms with Crippen molar-refractivity contribution >= 4 is 68.8 Å². The van der Waals surface area contributed by atoms with E-state index in [4.69, 9.17) is 45.5 Å². The predicted molar refractivity (Wildman–Crippen MR) is 179 cm³/mol. The number of aromatic nitrogens is 2. The highest BCUT2D eigenvalue weighted by atomic mass is 35.5. The van der Waals surface area contributed by atoms with Gasteiger partial charge in [-0.3, -0.25) is 19.1 Å². The monoisotopic (exact) mass is 687 g/mol. The van der Waals surface area contributed by atoms with Gasteiger partial charge in [0.25, 0.3) is 5.56 Å². The molecule has 1 aromatic carbocycles. The number of amides is 1. The molecule has 2 aliphatic heterocycles. The zero-order valence-corrected chi connectivity index (χ0v) is 27.7. The molecule has 2 aromatic heterocycles. The number of hydrogen-bond donors (Lipinski definition) is 1. The normalized spacial score (nSPS) is 19.8. The maximum Gasteiger partial charge on any atom is 0.272 e. The number of rotatable bonds is 5. The number of fused-ring (bicyclic) bond motifs is 1. The Morgan fingerprint density at radius 1 is 1.20 bits per heavy atom. The minimum absolute atomic E-state index is 0.0616. The van der Waals surface area contributed by atoms with Crippen LogP contribution in [0.3, 0.4) is 0 Å². The molecule has 0 saturated carbocycles. The topological polar surface area (TPSA) is 121 Å². The van der Waals surface area contributed by atoms with Gasteiger partial charge in [-0.1, -0.05) is 68.2 Å². The molecule has 0 spiro atoms. The number of nitriles is 1. The van der Waals surface area contributed by atoms with Gasteiger partial charge in [0.1, 0.15) is 27.3 Å². The molecular weight excluding hydrogens is 659 g/mol. The highest BCUT2D eigenvalue weighted by Crippen LogP contribution is 2.44. The molecule has 3 aromatic rings. The van der Waals surface area contributed by atoms with Crippen LogP contribution in [-0.2, 0) is 4.79 Å². The lowest BCUT2D eigenvalue weighted by molar-refractivity contribution is -0.128. The van der Waals surface area contributed by atoms with E-state index in [-0.39, 0.29) is 64.5 Å². The molecule has 1 amide bonds. The number of nitrogens with zero attached hydrogens (tertiary/aromatic N) is 6. The van der Waals surface area contributed by atoms with Crippen molar-refractivity contribution in [2.24, 2.45) is 16.8 Å². The minimum Gasteiger partial charge on any atom is -0.397 e. The number of piperazine rings is 1. The molecule has 9 nitrogen and oxygen atoms in total. The highest BCUT2D eigenvalue weighted by molar-refractivity contribution is 6.38. The Balaban J connectivity index is 1.89. The first-order chi connectivity index (χ1) is 21.7. The highest BCUT2D eigenvalue weighted by Gasteiger charge is 2.36. The van der Waals surface area contributed by atoms with Crippen LogP contribution < -0.4 is 16.2 Å². The standard InChI is InChI=1S/C32H30Cl3F2N7O2/c1-6-20(45)43-10-9-42(13-16(43)5)30-17-11-19(33)28(21-24(36)22(34)25(37)23(35)26(21)39)41-31(17)44(32(46)18(30)12-38)29-15(4)7-8-40-27(29)14(2)3/h6-8,11,14-16,29H,1,9-10,13,39H2,2-5H3/t15?,16-,29?/m1/s1. The Morgan fingerprint density at radius 2 is 1.89 bits per heavy atom. The number of aliphatic imine (C=N–C) groups is 1. The quantitative estimate of drug-likeness (QED) is 0.137. The Hall–Kier alpha value is -3.98. The number of halogens is 5. The molecule has 46 heavy (non-hydrogen) atoms. The lowest BCUT2D eigenvalue weighted by Crippen LogP contribution is -2.54. The lowest BCUT2D eigenvalue weighted by Gasteiger charge is -2.41. The van der Waals surface area contributed by atoms with Gasteiger partial charge in [0, 0.05) is 48.9 Å². The third-order valence-electron chi connectivity index (χ3n) is 8.45. The molecule has 0 radical (unpaired) electrons. The van der Waals surface area contributed by atoms with Crippen molar-refractivity contribution < 1.29 is 13.6 Å². The third kappa shape index (κ3) is 5.32. The molecule has 1 fully saturated rings. The molecule has 3 atom stereocenters. The van der Waals surface area contributed by atoms with Crippen molar-refractivity contribution in [1.29, 1.82) is 5.26 Å². The predicted octanol–water partition coefficient (Wildman–Crippen LogP) is 6.78. The van der Waals surface area contributed by atoms with E-state index >= 15 is 4.39 Å². The van der Waals surface area contributed by atoms with Crippen LogP contribution in [0.5, 0.6) is 0 Å². The molecule has 2 N–H and O–H groups in total. The number of carbonyl (C=O) groups is 1. The largest absolute Gasteiger partial charge is 0.397 e. The minimum atomic E-state index is -1.24. The fraction of sp³-hybridized carbons (Fsp3) is 0.344. The number of pyridine rings is 2. The second-order valence-corrected chi connectivity index (χ2v) is 12.8. The van der Waals surface area contributed by atoms with Gasteiger partial charge in [0.2, 0.25) is 5.91 Å². The Morgan fingerprint density at radius 3 is 2.50 bits per heavy atom. The van der Waals surface area contributed by atoms with Crippen LogP contribution in [0, 0.1) is 34.8 Å². The molecule has 2 unspecified atom stereocenters. The van der Waals surface area contributed by atoms with E-state index in [1.54, 1.807) is 11.1 Å². The fourth-order valence-electron chi connectivity index (χ4n) is 6.21. The van der Waals surface area contributed by atoms with Gasteiger partial charge in [0.15, 0.2) is 11.6 Å². The number of anilines is 2. The van der Waals surface area contributed by atoms with Gasteiger partial charge >= 0.3 is 0 Å². The van der Waals surface area contributed by atoms with E-state index in [1.165, 1.54) is 16.7 Å². The molecule has 5 rings (SSSR count). The summed E-state index contributed by atoms with van der Waals surface area (Å²) in [5, 5.41) is 9.16. The van der Waals surface area contributed by atoms with E-state index in [9.17, 15) is 19.2 Å². The smallest absolute Gasteiger partial charge is 0.272 e. The summed E-state index contributed by atoms with van der Waals surface area (Å²) < 4.78 is 31.5. The number of hydrogen-bond acceptors (Lipinski definition) is 7. The van der Waals surface area contributed by atoms with E-state index < -0.39 is 44.5 Å². The van der Waals surface area contributed by atoms with Gasteiger partial charge in [-0.15, -0.1) is 0 Å². The number of benzene rings is 1. The van der Waals surface area contributed by atoms with Crippen LogP contribution in [0.2, 0.25) is 15.1 Å². The SMILES string of the molecule is C=CC(=O)N1CCN(c2c(C#N)c(=O)n(C3C(C(C)C)=NC=CC3C)c3nc(-c4c(N)c(Cl)c(F)c(Cl)c4F)c(Cl)cc23)C[C@H]1C. The molecule has 4 heterocycles. The number of allylic oxidation sites excluding steroid dienone is 1. The molecule has 240 valence electrons. The third-order valence-corrected chi connectivity index (χ3v) is 9.44. The average molecular weight is 689 g/mol. The molecule has 0 aliphatic carbocycles. The van der Waals surface area contributed by atoms with Crippen molar-refractivity contribution in [2.75, 3.05) is 30.3 Å². The number of carbonyl (C=O) groups excluding carboxylic acids is 1. The zero-order chi connectivity index (χ0) is 33.8. The summed E-state index contributed by atoms with van der Waals surface area (Å²) in [6.45, 7) is 12.0. The summed E-state index contributed by atoms with van der Waals surface area (Å²) in [6, 6.07) is 2.59. The van der Waals surface area contributed by atoms with Crippen LogP contribution in [0.25, 0.3) is 22.3 Å². The van der Waals surface area contributed by atoms with E-state index in [2.05, 4.69) is 17.6 Å². The van der Waals surface area contributed by atoms with Crippen molar-refractivity contribution in [3.05, 3.63) is 73.6 Å². The van der Waals surface area contributed by atoms with Crippen LogP contribution in [-0.4, -0.2) is 51.7 Å². The maximum absolute atomic E-state index is 15.6. The molecule has 2 aliphatic rings. The summed E-state index contributed by atoms with van der Waals surface area (Å²) in [5.41, 5.74) is 5.14. The number of nitrogens with two attached hydrogens (primary N) is 1. The van der Waals surface area contributed by atoms with Crippen LogP contribution >= 0.6 is 34.8 Å². The summed E-state index contributed by atoms with van der Waals surface area (Å²) >= 11 is 18.8. The second-order valence-electron chi connectivity index (χ2n) is 11.6. The first kappa shape index (κ1) is 33.4. The Labute approximate surface area is 279 Å². The summed E-state index contributed by atoms with van der Waals surface area (Å²) in [4.78, 5) is 39.7.